The largest absolute Gasteiger partial charge is 0.439 e. The topological polar surface area (TPSA) is 98.5 Å². The lowest BCUT2D eigenvalue weighted by atomic mass is 9.83. The fourth-order valence-corrected chi connectivity index (χ4v) is 3.70. The Kier molecular flexibility index (Phi) is 4.72. The maximum Gasteiger partial charge on any atom is 0.387 e. The number of alkyl halides is 2. The number of hydrogen-bond donors (Lipinski definition) is 1. The number of hydrogen-bond acceptors (Lipinski definition) is 6. The first-order valence-corrected chi connectivity index (χ1v) is 9.07. The third-order valence-corrected chi connectivity index (χ3v) is 4.97. The third-order valence-electron chi connectivity index (χ3n) is 4.47. The number of benzene rings is 2. The summed E-state index contributed by atoms with van der Waals surface area (Å²) in [6, 6.07) is 12.9. The zero-order chi connectivity index (χ0) is 20.7. The molecule has 29 heavy (non-hydrogen) atoms. The van der Waals surface area contributed by atoms with E-state index < -0.39 is 18.2 Å². The molecule has 6 nitrogen and oxygen atoms in total. The standard InChI is InChI=1S/C20H11BrF2N2O4/c21-9-5-6-14(28-20(22)23)11(7-9)15-12(8-24)18(25)29-17-10-3-1-2-4-13(10)27-19(26)16(15)17/h1-7,15,20H,25H2. The van der Waals surface area contributed by atoms with Gasteiger partial charge in [-0.2, -0.15) is 14.0 Å². The van der Waals surface area contributed by atoms with Crippen LogP contribution < -0.4 is 20.8 Å². The molecule has 0 saturated carbocycles. The van der Waals surface area contributed by atoms with Crippen molar-refractivity contribution in [3.63, 3.8) is 0 Å². The van der Waals surface area contributed by atoms with Gasteiger partial charge in [0.05, 0.1) is 16.9 Å². The molecular formula is C20H11BrF2N2O4. The Morgan fingerprint density at radius 3 is 2.72 bits per heavy atom. The first-order valence-electron chi connectivity index (χ1n) is 8.28. The number of allylic oxidation sites excluding steroid dienone is 1. The van der Waals surface area contributed by atoms with Crippen molar-refractivity contribution < 1.29 is 22.7 Å². The monoisotopic (exact) mass is 460 g/mol. The molecule has 146 valence electrons. The lowest BCUT2D eigenvalue weighted by molar-refractivity contribution is -0.0505. The number of nitrogens with two attached hydrogens (primary N) is 1. The van der Waals surface area contributed by atoms with E-state index in [9.17, 15) is 18.8 Å². The molecule has 0 spiro atoms. The first kappa shape index (κ1) is 19.0. The van der Waals surface area contributed by atoms with Crippen molar-refractivity contribution in [2.45, 2.75) is 12.5 Å². The van der Waals surface area contributed by atoms with Crippen LogP contribution in [0.5, 0.6) is 11.5 Å². The molecular weight excluding hydrogens is 450 g/mol. The van der Waals surface area contributed by atoms with E-state index in [0.29, 0.717) is 9.86 Å². The molecule has 9 heteroatoms. The predicted molar refractivity (Wildman–Crippen MR) is 103 cm³/mol. The Bertz CT molecular complexity index is 1260. The van der Waals surface area contributed by atoms with Crippen LogP contribution in [0.2, 0.25) is 0 Å². The molecule has 2 N–H and O–H groups in total. The molecule has 1 aliphatic heterocycles. The van der Waals surface area contributed by atoms with Gasteiger partial charge >= 0.3 is 12.2 Å². The molecule has 1 aliphatic rings. The Morgan fingerprint density at radius 1 is 1.24 bits per heavy atom. The molecule has 2 heterocycles. The van der Waals surface area contributed by atoms with E-state index >= 15 is 0 Å². The summed E-state index contributed by atoms with van der Waals surface area (Å²) in [6.45, 7) is -3.10. The molecule has 1 atom stereocenters. The molecule has 1 aromatic heterocycles. The minimum absolute atomic E-state index is 0.0216. The summed E-state index contributed by atoms with van der Waals surface area (Å²) in [5.74, 6) is -1.44. The minimum Gasteiger partial charge on any atom is -0.439 e. The number of halogens is 3. The van der Waals surface area contributed by atoms with Crippen LogP contribution in [0.25, 0.3) is 11.0 Å². The number of fused-ring (bicyclic) bond motifs is 3. The summed E-state index contributed by atoms with van der Waals surface area (Å²) in [6.07, 6.45) is 0. The number of rotatable bonds is 3. The van der Waals surface area contributed by atoms with Crippen molar-refractivity contribution in [3.05, 3.63) is 79.9 Å². The predicted octanol–water partition coefficient (Wildman–Crippen LogP) is 4.38. The maximum absolute atomic E-state index is 13.0. The van der Waals surface area contributed by atoms with Gasteiger partial charge in [-0.05, 0) is 30.3 Å². The number of nitriles is 1. The lowest BCUT2D eigenvalue weighted by Crippen LogP contribution is -2.26. The van der Waals surface area contributed by atoms with Crippen LogP contribution in [0.3, 0.4) is 0 Å². The molecule has 0 saturated heterocycles. The number of ether oxygens (including phenoxy) is 2. The van der Waals surface area contributed by atoms with E-state index in [-0.39, 0.29) is 39.7 Å². The zero-order valence-electron chi connectivity index (χ0n) is 14.5. The maximum atomic E-state index is 13.0. The van der Waals surface area contributed by atoms with Crippen molar-refractivity contribution in [2.75, 3.05) is 0 Å². The Morgan fingerprint density at radius 2 is 2.00 bits per heavy atom. The third kappa shape index (κ3) is 3.21. The van der Waals surface area contributed by atoms with E-state index in [2.05, 4.69) is 20.7 Å². The van der Waals surface area contributed by atoms with Gasteiger partial charge < -0.3 is 19.6 Å². The SMILES string of the molecule is N#CC1=C(N)Oc2c(c(=O)oc3ccccc23)C1c1cc(Br)ccc1OC(F)F. The van der Waals surface area contributed by atoms with Crippen LogP contribution >= 0.6 is 15.9 Å². The van der Waals surface area contributed by atoms with Gasteiger partial charge in [0.1, 0.15) is 23.0 Å². The summed E-state index contributed by atoms with van der Waals surface area (Å²) < 4.78 is 42.1. The highest BCUT2D eigenvalue weighted by molar-refractivity contribution is 9.10. The van der Waals surface area contributed by atoms with E-state index in [4.69, 9.17) is 14.9 Å². The van der Waals surface area contributed by atoms with Gasteiger partial charge in [-0.15, -0.1) is 0 Å². The van der Waals surface area contributed by atoms with Crippen LogP contribution in [0.1, 0.15) is 17.0 Å². The van der Waals surface area contributed by atoms with E-state index in [1.54, 1.807) is 24.3 Å². The van der Waals surface area contributed by atoms with Crippen molar-refractivity contribution >= 4 is 26.9 Å². The quantitative estimate of drug-likeness (QED) is 0.582. The fraction of sp³-hybridized carbons (Fsp3) is 0.100. The van der Waals surface area contributed by atoms with E-state index in [1.165, 1.54) is 18.2 Å². The van der Waals surface area contributed by atoms with Crippen LogP contribution in [0.15, 0.2) is 67.6 Å². The molecule has 0 bridgehead atoms. The molecule has 0 radical (unpaired) electrons. The van der Waals surface area contributed by atoms with Crippen LogP contribution in [-0.4, -0.2) is 6.61 Å². The summed E-state index contributed by atoms with van der Waals surface area (Å²) in [5, 5.41) is 10.1. The molecule has 3 aromatic rings. The van der Waals surface area contributed by atoms with Crippen LogP contribution in [0, 0.1) is 11.3 Å². The minimum atomic E-state index is -3.10. The highest BCUT2D eigenvalue weighted by atomic mass is 79.9. The van der Waals surface area contributed by atoms with Gasteiger partial charge in [0, 0.05) is 10.0 Å². The van der Waals surface area contributed by atoms with Crippen molar-refractivity contribution in [1.82, 2.24) is 0 Å². The second-order valence-electron chi connectivity index (χ2n) is 6.11. The molecule has 0 amide bonds. The molecule has 1 unspecified atom stereocenters. The average molecular weight is 461 g/mol. The van der Waals surface area contributed by atoms with Gasteiger partial charge in [-0.3, -0.25) is 0 Å². The zero-order valence-corrected chi connectivity index (χ0v) is 16.1. The van der Waals surface area contributed by atoms with Gasteiger partial charge in [0.15, 0.2) is 5.75 Å². The average Bonchev–Trinajstić information content (AvgIpc) is 2.68. The van der Waals surface area contributed by atoms with Crippen molar-refractivity contribution in [1.29, 1.82) is 5.26 Å². The first-order chi connectivity index (χ1) is 13.9. The van der Waals surface area contributed by atoms with Crippen LogP contribution in [-0.2, 0) is 0 Å². The van der Waals surface area contributed by atoms with Gasteiger partial charge in [-0.1, -0.05) is 28.1 Å². The molecule has 4 rings (SSSR count). The summed E-state index contributed by atoms with van der Waals surface area (Å²) in [5.41, 5.74) is 5.47. The summed E-state index contributed by atoms with van der Waals surface area (Å²) in [4.78, 5) is 12.8. The normalized spacial score (nSPS) is 15.8. The van der Waals surface area contributed by atoms with Gasteiger partial charge in [0.2, 0.25) is 5.88 Å². The van der Waals surface area contributed by atoms with Crippen LogP contribution in [0.4, 0.5) is 8.78 Å². The van der Waals surface area contributed by atoms with Crippen molar-refractivity contribution in [2.24, 2.45) is 5.73 Å². The summed E-state index contributed by atoms with van der Waals surface area (Å²) >= 11 is 3.28. The smallest absolute Gasteiger partial charge is 0.387 e. The van der Waals surface area contributed by atoms with E-state index in [1.807, 2.05) is 6.07 Å². The molecule has 0 fully saturated rings. The highest BCUT2D eigenvalue weighted by Crippen LogP contribution is 2.46. The number of para-hydroxylation sites is 1. The lowest BCUT2D eigenvalue weighted by Gasteiger charge is -2.27. The fourth-order valence-electron chi connectivity index (χ4n) is 3.33. The van der Waals surface area contributed by atoms with E-state index in [0.717, 1.165) is 0 Å². The second kappa shape index (κ2) is 7.22. The number of nitrogens with zero attached hydrogens (tertiary/aromatic N) is 1. The molecule has 0 aliphatic carbocycles. The Balaban J connectivity index is 2.07. The Labute approximate surface area is 170 Å². The highest BCUT2D eigenvalue weighted by Gasteiger charge is 2.37. The van der Waals surface area contributed by atoms with Crippen molar-refractivity contribution in [3.8, 4) is 17.6 Å². The van der Waals surface area contributed by atoms with Gasteiger partial charge in [0.25, 0.3) is 0 Å². The Hall–Kier alpha value is -3.38. The van der Waals surface area contributed by atoms with Gasteiger partial charge in [-0.25, -0.2) is 4.79 Å². The second-order valence-corrected chi connectivity index (χ2v) is 7.03. The summed E-state index contributed by atoms with van der Waals surface area (Å²) in [7, 11) is 0. The molecule has 2 aromatic carbocycles.